The van der Waals surface area contributed by atoms with Crippen LogP contribution in [0.15, 0.2) is 18.2 Å². The van der Waals surface area contributed by atoms with Gasteiger partial charge in [0.15, 0.2) is 11.5 Å². The second-order valence-electron chi connectivity index (χ2n) is 4.99. The molecule has 0 fully saturated rings. The third kappa shape index (κ3) is 3.88. The summed E-state index contributed by atoms with van der Waals surface area (Å²) in [4.78, 5) is 23.2. The molecule has 1 aromatic carbocycles. The van der Waals surface area contributed by atoms with Gasteiger partial charge in [-0.05, 0) is 18.1 Å². The van der Waals surface area contributed by atoms with Gasteiger partial charge < -0.3 is 20.1 Å². The molecule has 0 atom stereocenters. The van der Waals surface area contributed by atoms with Crippen LogP contribution in [0.2, 0.25) is 0 Å². The second-order valence-corrected chi connectivity index (χ2v) is 4.99. The van der Waals surface area contributed by atoms with E-state index in [0.29, 0.717) is 29.6 Å². The zero-order valence-corrected chi connectivity index (χ0v) is 11.6. The van der Waals surface area contributed by atoms with Gasteiger partial charge in [-0.25, -0.2) is 0 Å². The van der Waals surface area contributed by atoms with Crippen molar-refractivity contribution in [1.82, 2.24) is 5.32 Å². The van der Waals surface area contributed by atoms with Gasteiger partial charge in [0.1, 0.15) is 6.42 Å². The van der Waals surface area contributed by atoms with Crippen molar-refractivity contribution in [1.29, 1.82) is 0 Å². The van der Waals surface area contributed by atoms with Crippen molar-refractivity contribution in [2.45, 2.75) is 20.3 Å². The molecule has 0 spiro atoms. The van der Waals surface area contributed by atoms with Crippen LogP contribution < -0.4 is 20.1 Å². The van der Waals surface area contributed by atoms with Gasteiger partial charge in [-0.15, -0.1) is 0 Å². The number of carbonyl (C=O) groups excluding carboxylic acids is 2. The van der Waals surface area contributed by atoms with E-state index in [2.05, 4.69) is 10.6 Å². The number of anilines is 1. The minimum absolute atomic E-state index is 0.185. The van der Waals surface area contributed by atoms with Gasteiger partial charge >= 0.3 is 0 Å². The van der Waals surface area contributed by atoms with Crippen LogP contribution in [0.25, 0.3) is 0 Å². The highest BCUT2D eigenvalue weighted by atomic mass is 16.7. The summed E-state index contributed by atoms with van der Waals surface area (Å²) < 4.78 is 10.4. The quantitative estimate of drug-likeness (QED) is 0.801. The highest BCUT2D eigenvalue weighted by Crippen LogP contribution is 2.34. The average Bonchev–Trinajstić information content (AvgIpc) is 2.83. The molecule has 6 nitrogen and oxygen atoms in total. The van der Waals surface area contributed by atoms with Gasteiger partial charge in [-0.3, -0.25) is 9.59 Å². The number of hydrogen-bond acceptors (Lipinski definition) is 4. The number of ether oxygens (including phenoxy) is 2. The maximum absolute atomic E-state index is 11.7. The summed E-state index contributed by atoms with van der Waals surface area (Å²) >= 11 is 0. The summed E-state index contributed by atoms with van der Waals surface area (Å²) in [6, 6.07) is 5.10. The summed E-state index contributed by atoms with van der Waals surface area (Å²) in [6.07, 6.45) is -0.193. The van der Waals surface area contributed by atoms with E-state index >= 15 is 0 Å². The zero-order valence-electron chi connectivity index (χ0n) is 11.6. The summed E-state index contributed by atoms with van der Waals surface area (Å²) in [5.74, 6) is 0.961. The van der Waals surface area contributed by atoms with E-state index in [4.69, 9.17) is 9.47 Å². The lowest BCUT2D eigenvalue weighted by molar-refractivity contribution is -0.126. The predicted molar refractivity (Wildman–Crippen MR) is 73.7 cm³/mol. The maximum atomic E-state index is 11.7. The van der Waals surface area contributed by atoms with Gasteiger partial charge in [-0.1, -0.05) is 13.8 Å². The van der Waals surface area contributed by atoms with Crippen LogP contribution in [0.1, 0.15) is 20.3 Å². The largest absolute Gasteiger partial charge is 0.454 e. The number of fused-ring (bicyclic) bond motifs is 1. The van der Waals surface area contributed by atoms with Crippen LogP contribution in [0.5, 0.6) is 11.5 Å². The molecule has 0 bridgehead atoms. The molecule has 108 valence electrons. The Morgan fingerprint density at radius 3 is 2.70 bits per heavy atom. The SMILES string of the molecule is CC(C)CNC(=O)CC(=O)Nc1ccc2c(c1)OCO2. The van der Waals surface area contributed by atoms with E-state index in [0.717, 1.165) is 0 Å². The van der Waals surface area contributed by atoms with E-state index in [1.807, 2.05) is 13.8 Å². The van der Waals surface area contributed by atoms with Crippen LogP contribution in [-0.4, -0.2) is 25.2 Å². The molecule has 2 rings (SSSR count). The van der Waals surface area contributed by atoms with Crippen LogP contribution >= 0.6 is 0 Å². The molecule has 1 heterocycles. The zero-order chi connectivity index (χ0) is 14.5. The number of rotatable bonds is 5. The number of benzene rings is 1. The molecule has 1 aromatic rings. The highest BCUT2D eigenvalue weighted by Gasteiger charge is 2.15. The lowest BCUT2D eigenvalue weighted by atomic mass is 10.2. The van der Waals surface area contributed by atoms with Gasteiger partial charge in [0, 0.05) is 18.3 Å². The molecule has 20 heavy (non-hydrogen) atoms. The third-order valence-electron chi connectivity index (χ3n) is 2.68. The molecule has 6 heteroatoms. The fourth-order valence-electron chi connectivity index (χ4n) is 1.71. The van der Waals surface area contributed by atoms with E-state index in [1.54, 1.807) is 18.2 Å². The van der Waals surface area contributed by atoms with Crippen molar-refractivity contribution in [3.05, 3.63) is 18.2 Å². The fraction of sp³-hybridized carbons (Fsp3) is 0.429. The van der Waals surface area contributed by atoms with Crippen molar-refractivity contribution >= 4 is 17.5 Å². The van der Waals surface area contributed by atoms with Crippen LogP contribution in [0, 0.1) is 5.92 Å². The van der Waals surface area contributed by atoms with Crippen LogP contribution in [0.4, 0.5) is 5.69 Å². The summed E-state index contributed by atoms with van der Waals surface area (Å²) in [6.45, 7) is 4.74. The molecule has 0 saturated carbocycles. The van der Waals surface area contributed by atoms with E-state index in [1.165, 1.54) is 0 Å². The summed E-state index contributed by atoms with van der Waals surface area (Å²) in [5, 5.41) is 5.35. The van der Waals surface area contributed by atoms with Crippen LogP contribution in [0.3, 0.4) is 0 Å². The lowest BCUT2D eigenvalue weighted by Crippen LogP contribution is -2.30. The van der Waals surface area contributed by atoms with E-state index in [9.17, 15) is 9.59 Å². The second kappa shape index (κ2) is 6.27. The Balaban J connectivity index is 1.84. The third-order valence-corrected chi connectivity index (χ3v) is 2.68. The number of amides is 2. The van der Waals surface area contributed by atoms with E-state index in [-0.39, 0.29) is 25.0 Å². The minimum atomic E-state index is -0.356. The number of carbonyl (C=O) groups is 2. The van der Waals surface area contributed by atoms with Crippen molar-refractivity contribution in [3.63, 3.8) is 0 Å². The standard InChI is InChI=1S/C14H18N2O4/c1-9(2)7-15-13(17)6-14(18)16-10-3-4-11-12(5-10)20-8-19-11/h3-5,9H,6-8H2,1-2H3,(H,15,17)(H,16,18). The average molecular weight is 278 g/mol. The van der Waals surface area contributed by atoms with Crippen molar-refractivity contribution in [2.24, 2.45) is 5.92 Å². The first kappa shape index (κ1) is 14.2. The Morgan fingerprint density at radius 1 is 1.20 bits per heavy atom. The van der Waals surface area contributed by atoms with Crippen LogP contribution in [-0.2, 0) is 9.59 Å². The Labute approximate surface area is 117 Å². The molecular weight excluding hydrogens is 260 g/mol. The molecule has 0 aromatic heterocycles. The molecule has 2 amide bonds. The Hall–Kier alpha value is -2.24. The van der Waals surface area contributed by atoms with Crippen molar-refractivity contribution < 1.29 is 19.1 Å². The normalized spacial score (nSPS) is 12.3. The Morgan fingerprint density at radius 2 is 1.95 bits per heavy atom. The fourth-order valence-corrected chi connectivity index (χ4v) is 1.71. The first-order valence-corrected chi connectivity index (χ1v) is 6.51. The van der Waals surface area contributed by atoms with Crippen molar-refractivity contribution in [3.8, 4) is 11.5 Å². The molecule has 1 aliphatic rings. The molecule has 0 aliphatic carbocycles. The minimum Gasteiger partial charge on any atom is -0.454 e. The van der Waals surface area contributed by atoms with Gasteiger partial charge in [-0.2, -0.15) is 0 Å². The molecule has 2 N–H and O–H groups in total. The predicted octanol–water partition coefficient (Wildman–Crippen LogP) is 1.52. The molecule has 0 saturated heterocycles. The summed E-state index contributed by atoms with van der Waals surface area (Å²) in [5.41, 5.74) is 0.580. The molecule has 1 aliphatic heterocycles. The Bertz CT molecular complexity index is 514. The smallest absolute Gasteiger partial charge is 0.233 e. The maximum Gasteiger partial charge on any atom is 0.233 e. The molecular formula is C14H18N2O4. The highest BCUT2D eigenvalue weighted by molar-refractivity contribution is 6.03. The van der Waals surface area contributed by atoms with Crippen molar-refractivity contribution in [2.75, 3.05) is 18.7 Å². The first-order chi connectivity index (χ1) is 9.54. The lowest BCUT2D eigenvalue weighted by Gasteiger charge is -2.08. The number of hydrogen-bond donors (Lipinski definition) is 2. The first-order valence-electron chi connectivity index (χ1n) is 6.51. The van der Waals surface area contributed by atoms with E-state index < -0.39 is 0 Å². The van der Waals surface area contributed by atoms with Gasteiger partial charge in [0.2, 0.25) is 18.6 Å². The van der Waals surface area contributed by atoms with Gasteiger partial charge in [0.05, 0.1) is 0 Å². The Kier molecular flexibility index (Phi) is 4.45. The molecule has 0 unspecified atom stereocenters. The molecule has 0 radical (unpaired) electrons. The summed E-state index contributed by atoms with van der Waals surface area (Å²) in [7, 11) is 0. The number of nitrogens with one attached hydrogen (secondary N) is 2. The van der Waals surface area contributed by atoms with Gasteiger partial charge in [0.25, 0.3) is 0 Å². The topological polar surface area (TPSA) is 76.7 Å². The monoisotopic (exact) mass is 278 g/mol.